The van der Waals surface area contributed by atoms with Crippen LogP contribution < -0.4 is 5.73 Å². The van der Waals surface area contributed by atoms with Crippen LogP contribution in [0.15, 0.2) is 24.3 Å². The Bertz CT molecular complexity index is 502. The summed E-state index contributed by atoms with van der Waals surface area (Å²) in [5.74, 6) is -0.105. The average Bonchev–Trinajstić information content (AvgIpc) is 3.22. The number of benzene rings is 1. The number of anilines is 1. The third kappa shape index (κ3) is 3.25. The van der Waals surface area contributed by atoms with Crippen molar-refractivity contribution in [2.24, 2.45) is 0 Å². The van der Waals surface area contributed by atoms with Gasteiger partial charge in [0.15, 0.2) is 0 Å². The van der Waals surface area contributed by atoms with Gasteiger partial charge in [-0.1, -0.05) is 12.1 Å². The van der Waals surface area contributed by atoms with E-state index in [4.69, 9.17) is 11.0 Å². The van der Waals surface area contributed by atoms with E-state index >= 15 is 0 Å². The summed E-state index contributed by atoms with van der Waals surface area (Å²) in [4.78, 5) is 14.4. The number of rotatable bonds is 5. The molecule has 0 saturated heterocycles. The first-order chi connectivity index (χ1) is 9.13. The molecule has 19 heavy (non-hydrogen) atoms. The van der Waals surface area contributed by atoms with Crippen molar-refractivity contribution >= 4 is 11.6 Å². The van der Waals surface area contributed by atoms with Crippen molar-refractivity contribution in [1.82, 2.24) is 4.90 Å². The van der Waals surface area contributed by atoms with Crippen LogP contribution in [0.1, 0.15) is 37.7 Å². The van der Waals surface area contributed by atoms with Crippen LogP contribution in [0.2, 0.25) is 0 Å². The predicted octanol–water partition coefficient (Wildman–Crippen LogP) is 2.28. The Hall–Kier alpha value is -2.02. The molecule has 0 heterocycles. The Morgan fingerprint density at radius 3 is 2.89 bits per heavy atom. The fraction of sp³-hybridized carbons (Fsp3) is 0.467. The van der Waals surface area contributed by atoms with Crippen LogP contribution in [0.25, 0.3) is 0 Å². The second kappa shape index (κ2) is 5.75. The van der Waals surface area contributed by atoms with Crippen molar-refractivity contribution in [3.05, 3.63) is 29.8 Å². The van der Waals surface area contributed by atoms with Crippen LogP contribution in [0.4, 0.5) is 5.69 Å². The molecule has 1 aliphatic rings. The van der Waals surface area contributed by atoms with E-state index in [2.05, 4.69) is 6.07 Å². The fourth-order valence-electron chi connectivity index (χ4n) is 2.25. The fourth-order valence-corrected chi connectivity index (χ4v) is 2.25. The molecular formula is C15H19N3O. The standard InChI is InChI=1S/C15H19N3O/c1-11(12-4-2-5-13(17)10-12)15(19)18(9-3-8-16)14-6-7-14/h2,4-5,10-11,14H,3,6-7,9,17H2,1H3. The average molecular weight is 257 g/mol. The second-order valence-corrected chi connectivity index (χ2v) is 5.06. The largest absolute Gasteiger partial charge is 0.399 e. The van der Waals surface area contributed by atoms with Gasteiger partial charge in [-0.3, -0.25) is 4.79 Å². The number of nitriles is 1. The number of carbonyl (C=O) groups is 1. The van der Waals surface area contributed by atoms with E-state index in [1.54, 1.807) is 0 Å². The quantitative estimate of drug-likeness (QED) is 0.823. The van der Waals surface area contributed by atoms with Crippen molar-refractivity contribution in [2.75, 3.05) is 12.3 Å². The number of amides is 1. The van der Waals surface area contributed by atoms with Gasteiger partial charge in [-0.25, -0.2) is 0 Å². The van der Waals surface area contributed by atoms with E-state index in [1.165, 1.54) is 0 Å². The molecule has 1 unspecified atom stereocenters. The van der Waals surface area contributed by atoms with Crippen LogP contribution in [-0.4, -0.2) is 23.4 Å². The molecule has 1 aliphatic carbocycles. The van der Waals surface area contributed by atoms with E-state index < -0.39 is 0 Å². The van der Waals surface area contributed by atoms with Gasteiger partial charge in [0.2, 0.25) is 5.91 Å². The summed E-state index contributed by atoms with van der Waals surface area (Å²) in [6.45, 7) is 2.44. The molecule has 0 bridgehead atoms. The highest BCUT2D eigenvalue weighted by Gasteiger charge is 2.34. The minimum Gasteiger partial charge on any atom is -0.399 e. The van der Waals surface area contributed by atoms with Gasteiger partial charge >= 0.3 is 0 Å². The molecule has 1 saturated carbocycles. The van der Waals surface area contributed by atoms with E-state index in [-0.39, 0.29) is 11.8 Å². The zero-order valence-electron chi connectivity index (χ0n) is 11.2. The number of carbonyl (C=O) groups excluding carboxylic acids is 1. The Balaban J connectivity index is 2.10. The molecule has 1 atom stereocenters. The number of nitrogens with two attached hydrogens (primary N) is 1. The van der Waals surface area contributed by atoms with Crippen LogP contribution in [0.5, 0.6) is 0 Å². The molecule has 0 radical (unpaired) electrons. The molecule has 1 aromatic rings. The molecule has 100 valence electrons. The molecule has 4 nitrogen and oxygen atoms in total. The lowest BCUT2D eigenvalue weighted by atomic mass is 9.99. The van der Waals surface area contributed by atoms with Gasteiger partial charge in [-0.15, -0.1) is 0 Å². The Labute approximate surface area is 113 Å². The highest BCUT2D eigenvalue weighted by atomic mass is 16.2. The van der Waals surface area contributed by atoms with Gasteiger partial charge in [0, 0.05) is 18.3 Å². The first kappa shape index (κ1) is 13.4. The predicted molar refractivity (Wildman–Crippen MR) is 74.2 cm³/mol. The Morgan fingerprint density at radius 2 is 2.32 bits per heavy atom. The number of hydrogen-bond donors (Lipinski definition) is 1. The summed E-state index contributed by atoms with van der Waals surface area (Å²) in [7, 11) is 0. The van der Waals surface area contributed by atoms with Gasteiger partial charge in [-0.2, -0.15) is 5.26 Å². The molecule has 0 aromatic heterocycles. The van der Waals surface area contributed by atoms with Crippen LogP contribution in [0.3, 0.4) is 0 Å². The smallest absolute Gasteiger partial charge is 0.230 e. The summed E-state index contributed by atoms with van der Waals surface area (Å²) >= 11 is 0. The maximum Gasteiger partial charge on any atom is 0.230 e. The molecule has 0 aliphatic heterocycles. The van der Waals surface area contributed by atoms with Crippen molar-refractivity contribution in [1.29, 1.82) is 5.26 Å². The lowest BCUT2D eigenvalue weighted by molar-refractivity contribution is -0.133. The van der Waals surface area contributed by atoms with Gasteiger partial charge in [0.1, 0.15) is 0 Å². The molecule has 0 spiro atoms. The minimum atomic E-state index is -0.206. The third-order valence-corrected chi connectivity index (χ3v) is 3.52. The first-order valence-corrected chi connectivity index (χ1v) is 6.66. The minimum absolute atomic E-state index is 0.100. The summed E-state index contributed by atoms with van der Waals surface area (Å²) in [6, 6.07) is 9.90. The summed E-state index contributed by atoms with van der Waals surface area (Å²) in [6.07, 6.45) is 2.51. The monoisotopic (exact) mass is 257 g/mol. The highest BCUT2D eigenvalue weighted by Crippen LogP contribution is 2.30. The maximum atomic E-state index is 12.5. The normalized spacial score (nSPS) is 15.6. The molecule has 2 rings (SSSR count). The lowest BCUT2D eigenvalue weighted by Crippen LogP contribution is -2.36. The van der Waals surface area contributed by atoms with Gasteiger partial charge in [0.25, 0.3) is 0 Å². The van der Waals surface area contributed by atoms with Crippen molar-refractivity contribution in [2.45, 2.75) is 38.1 Å². The first-order valence-electron chi connectivity index (χ1n) is 6.66. The number of nitrogen functional groups attached to an aromatic ring is 1. The zero-order chi connectivity index (χ0) is 13.8. The van der Waals surface area contributed by atoms with Crippen LogP contribution in [0, 0.1) is 11.3 Å². The lowest BCUT2D eigenvalue weighted by Gasteiger charge is -2.25. The van der Waals surface area contributed by atoms with Crippen LogP contribution >= 0.6 is 0 Å². The molecule has 2 N–H and O–H groups in total. The number of hydrogen-bond acceptors (Lipinski definition) is 3. The van der Waals surface area contributed by atoms with E-state index in [0.29, 0.717) is 24.7 Å². The maximum absolute atomic E-state index is 12.5. The molecule has 1 amide bonds. The molecular weight excluding hydrogens is 238 g/mol. The van der Waals surface area contributed by atoms with E-state index in [1.807, 2.05) is 36.1 Å². The Morgan fingerprint density at radius 1 is 1.58 bits per heavy atom. The summed E-state index contributed by atoms with van der Waals surface area (Å²) < 4.78 is 0. The molecule has 1 fully saturated rings. The highest BCUT2D eigenvalue weighted by molar-refractivity contribution is 5.84. The van der Waals surface area contributed by atoms with Gasteiger partial charge in [-0.05, 0) is 37.5 Å². The van der Waals surface area contributed by atoms with Crippen molar-refractivity contribution in [3.63, 3.8) is 0 Å². The molecule has 1 aromatic carbocycles. The third-order valence-electron chi connectivity index (χ3n) is 3.52. The Kier molecular flexibility index (Phi) is 4.06. The summed E-state index contributed by atoms with van der Waals surface area (Å²) in [5.41, 5.74) is 7.37. The topological polar surface area (TPSA) is 70.1 Å². The van der Waals surface area contributed by atoms with Gasteiger partial charge in [0.05, 0.1) is 18.4 Å². The van der Waals surface area contributed by atoms with E-state index in [9.17, 15) is 4.79 Å². The van der Waals surface area contributed by atoms with Crippen LogP contribution in [-0.2, 0) is 4.79 Å². The van der Waals surface area contributed by atoms with Crippen molar-refractivity contribution < 1.29 is 4.79 Å². The zero-order valence-corrected chi connectivity index (χ0v) is 11.2. The number of nitrogens with zero attached hydrogens (tertiary/aromatic N) is 2. The van der Waals surface area contributed by atoms with Gasteiger partial charge < -0.3 is 10.6 Å². The summed E-state index contributed by atoms with van der Waals surface area (Å²) in [5, 5.41) is 8.69. The second-order valence-electron chi connectivity index (χ2n) is 5.06. The molecule has 4 heteroatoms. The SMILES string of the molecule is CC(C(=O)N(CCC#N)C1CC1)c1cccc(N)c1. The van der Waals surface area contributed by atoms with E-state index in [0.717, 1.165) is 18.4 Å². The van der Waals surface area contributed by atoms with Crippen molar-refractivity contribution in [3.8, 4) is 6.07 Å².